The molecular weight excluding hydrogens is 597 g/mol. The first-order chi connectivity index (χ1) is 24.2. The molecule has 4 nitrogen and oxygen atoms in total. The molecular formula is C45H30N4. The van der Waals surface area contributed by atoms with Gasteiger partial charge in [0.15, 0.2) is 5.82 Å². The predicted molar refractivity (Wildman–Crippen MR) is 205 cm³/mol. The normalized spacial score (nSPS) is 12.4. The van der Waals surface area contributed by atoms with E-state index in [0.29, 0.717) is 0 Å². The van der Waals surface area contributed by atoms with Crippen molar-refractivity contribution in [2.45, 2.75) is 6.92 Å². The zero-order chi connectivity index (χ0) is 32.6. The fourth-order valence-corrected chi connectivity index (χ4v) is 7.95. The van der Waals surface area contributed by atoms with Gasteiger partial charge in [-0.2, -0.15) is 0 Å². The molecule has 10 aromatic rings. The van der Waals surface area contributed by atoms with Crippen molar-refractivity contribution in [3.63, 3.8) is 0 Å². The van der Waals surface area contributed by atoms with Crippen molar-refractivity contribution in [3.05, 3.63) is 163 Å². The Morgan fingerprint density at radius 1 is 0.571 bits per heavy atom. The molecule has 0 aliphatic heterocycles. The molecule has 230 valence electrons. The van der Waals surface area contributed by atoms with E-state index in [4.69, 9.17) is 9.97 Å². The molecule has 0 atom stereocenters. The van der Waals surface area contributed by atoms with E-state index in [1.807, 2.05) is 30.3 Å². The summed E-state index contributed by atoms with van der Waals surface area (Å²) in [5.74, 6) is 0.722. The van der Waals surface area contributed by atoms with Crippen LogP contribution in [0.3, 0.4) is 0 Å². The van der Waals surface area contributed by atoms with Crippen LogP contribution >= 0.6 is 0 Å². The van der Waals surface area contributed by atoms with Gasteiger partial charge in [0.05, 0.1) is 38.8 Å². The Bertz CT molecular complexity index is 3000. The maximum Gasteiger partial charge on any atom is 0.160 e. The quantitative estimate of drug-likeness (QED) is 0.195. The average molecular weight is 627 g/mol. The molecule has 6 aromatic carbocycles. The molecule has 0 saturated heterocycles. The van der Waals surface area contributed by atoms with Gasteiger partial charge in [-0.1, -0.05) is 116 Å². The lowest BCUT2D eigenvalue weighted by Crippen LogP contribution is -2.04. The van der Waals surface area contributed by atoms with Crippen LogP contribution in [0.4, 0.5) is 0 Å². The maximum absolute atomic E-state index is 5.19. The van der Waals surface area contributed by atoms with Crippen molar-refractivity contribution in [2.24, 2.45) is 0 Å². The number of hydrogen-bond acceptors (Lipinski definition) is 2. The van der Waals surface area contributed by atoms with E-state index in [-0.39, 0.29) is 0 Å². The highest BCUT2D eigenvalue weighted by atomic mass is 15.0. The molecule has 0 radical (unpaired) electrons. The molecule has 0 N–H and O–H groups in total. The third-order valence-corrected chi connectivity index (χ3v) is 10.0. The summed E-state index contributed by atoms with van der Waals surface area (Å²) < 4.78 is 4.87. The fraction of sp³-hybridized carbons (Fsp3) is 0.0222. The minimum atomic E-state index is 0.722. The molecule has 4 aromatic heterocycles. The number of para-hydroxylation sites is 1. The molecule has 0 aliphatic carbocycles. The number of allylic oxidation sites excluding steroid dienone is 1. The van der Waals surface area contributed by atoms with E-state index in [9.17, 15) is 0 Å². The third kappa shape index (κ3) is 3.92. The van der Waals surface area contributed by atoms with Crippen LogP contribution < -0.4 is 5.22 Å². The van der Waals surface area contributed by atoms with Crippen molar-refractivity contribution >= 4 is 66.1 Å². The van der Waals surface area contributed by atoms with Gasteiger partial charge in [-0.25, -0.2) is 9.97 Å². The second kappa shape index (κ2) is 10.5. The number of benzene rings is 6. The average Bonchev–Trinajstić information content (AvgIpc) is 3.61. The summed E-state index contributed by atoms with van der Waals surface area (Å²) in [5, 5.41) is 7.14. The molecule has 0 unspecified atom stereocenters. The minimum Gasteiger partial charge on any atom is -0.309 e. The van der Waals surface area contributed by atoms with Crippen LogP contribution in [0.1, 0.15) is 5.56 Å². The number of nitrogens with zero attached hydrogens (tertiary/aromatic N) is 4. The maximum atomic E-state index is 5.19. The summed E-state index contributed by atoms with van der Waals surface area (Å²) >= 11 is 0. The lowest BCUT2D eigenvalue weighted by Gasteiger charge is -2.13. The summed E-state index contributed by atoms with van der Waals surface area (Å²) in [4.78, 5) is 10.3. The Labute approximate surface area is 282 Å². The summed E-state index contributed by atoms with van der Waals surface area (Å²) in [6.07, 6.45) is 4.09. The van der Waals surface area contributed by atoms with Crippen LogP contribution in [-0.4, -0.2) is 18.9 Å². The van der Waals surface area contributed by atoms with Crippen molar-refractivity contribution in [3.8, 4) is 28.3 Å². The van der Waals surface area contributed by atoms with Gasteiger partial charge in [0, 0.05) is 43.6 Å². The van der Waals surface area contributed by atoms with Gasteiger partial charge in [0.25, 0.3) is 0 Å². The smallest absolute Gasteiger partial charge is 0.160 e. The van der Waals surface area contributed by atoms with Gasteiger partial charge in [-0.15, -0.1) is 0 Å². The van der Waals surface area contributed by atoms with Crippen LogP contribution in [0.25, 0.3) is 94.4 Å². The van der Waals surface area contributed by atoms with Gasteiger partial charge >= 0.3 is 0 Å². The third-order valence-electron chi connectivity index (χ3n) is 10.0. The Morgan fingerprint density at radius 2 is 1.22 bits per heavy atom. The van der Waals surface area contributed by atoms with Gasteiger partial charge in [0.1, 0.15) is 0 Å². The second-order valence-corrected chi connectivity index (χ2v) is 12.7. The topological polar surface area (TPSA) is 35.1 Å². The predicted octanol–water partition coefficient (Wildman–Crippen LogP) is 10.6. The first-order valence-corrected chi connectivity index (χ1v) is 16.6. The van der Waals surface area contributed by atoms with Crippen LogP contribution in [0.15, 0.2) is 152 Å². The van der Waals surface area contributed by atoms with Gasteiger partial charge in [-0.3, -0.25) is 0 Å². The fourth-order valence-electron chi connectivity index (χ4n) is 7.95. The monoisotopic (exact) mass is 626 g/mol. The Balaban J connectivity index is 1.35. The highest BCUT2D eigenvalue weighted by molar-refractivity contribution is 6.24. The molecule has 49 heavy (non-hydrogen) atoms. The van der Waals surface area contributed by atoms with Crippen LogP contribution in [-0.2, 0) is 0 Å². The van der Waals surface area contributed by atoms with E-state index < -0.39 is 0 Å². The minimum absolute atomic E-state index is 0.722. The van der Waals surface area contributed by atoms with Crippen molar-refractivity contribution in [1.29, 1.82) is 0 Å². The molecule has 0 aliphatic rings. The van der Waals surface area contributed by atoms with Crippen LogP contribution in [0.5, 0.6) is 0 Å². The lowest BCUT2D eigenvalue weighted by molar-refractivity contribution is 1.17. The molecule has 0 amide bonds. The van der Waals surface area contributed by atoms with E-state index in [0.717, 1.165) is 50.3 Å². The van der Waals surface area contributed by atoms with Gasteiger partial charge in [-0.05, 0) is 60.3 Å². The summed E-state index contributed by atoms with van der Waals surface area (Å²) in [6.45, 7) is 6.38. The zero-order valence-corrected chi connectivity index (χ0v) is 26.9. The molecule has 0 bridgehead atoms. The first-order valence-electron chi connectivity index (χ1n) is 16.6. The van der Waals surface area contributed by atoms with E-state index in [2.05, 4.69) is 144 Å². The van der Waals surface area contributed by atoms with Crippen molar-refractivity contribution in [1.82, 2.24) is 18.9 Å². The Hall–Kier alpha value is -6.52. The SMILES string of the molecule is C=C/C=c1/c2cccc3c2c2c(cccc2n2c1c(C)c1ccccc12)n3-c1ccc2nc(-c3ccccc3)nc(-c3ccccc3)c2c1. The lowest BCUT2D eigenvalue weighted by atomic mass is 10.0. The molecule has 0 saturated carbocycles. The molecule has 4 heterocycles. The van der Waals surface area contributed by atoms with Crippen molar-refractivity contribution in [2.75, 3.05) is 0 Å². The highest BCUT2D eigenvalue weighted by Crippen LogP contribution is 2.40. The second-order valence-electron chi connectivity index (χ2n) is 12.7. The van der Waals surface area contributed by atoms with E-state index in [1.54, 1.807) is 0 Å². The van der Waals surface area contributed by atoms with E-state index >= 15 is 0 Å². The summed E-state index contributed by atoms with van der Waals surface area (Å²) in [7, 11) is 0. The van der Waals surface area contributed by atoms with Crippen LogP contribution in [0.2, 0.25) is 0 Å². The van der Waals surface area contributed by atoms with Gasteiger partial charge < -0.3 is 8.97 Å². The number of rotatable bonds is 4. The van der Waals surface area contributed by atoms with Crippen molar-refractivity contribution < 1.29 is 0 Å². The van der Waals surface area contributed by atoms with E-state index in [1.165, 1.54) is 48.9 Å². The molecule has 0 spiro atoms. The Kier molecular flexibility index (Phi) is 5.91. The number of aromatic nitrogens is 4. The Morgan fingerprint density at radius 3 is 2.02 bits per heavy atom. The van der Waals surface area contributed by atoms with Crippen LogP contribution in [0, 0.1) is 6.92 Å². The highest BCUT2D eigenvalue weighted by Gasteiger charge is 2.22. The number of fused-ring (bicyclic) bond motifs is 5. The van der Waals surface area contributed by atoms with Gasteiger partial charge in [0.2, 0.25) is 0 Å². The zero-order valence-electron chi connectivity index (χ0n) is 26.9. The molecule has 0 fully saturated rings. The standard InChI is InChI=1S/C45H30N4/c1-3-14-34-33-20-12-22-38-41(33)42-39(23-13-24-40(42)49-37-21-11-10-19-32(37)28(2)44(34)49)48(38)31-25-26-36-35(27-31)43(29-15-6-4-7-16-29)47-45(46-36)30-17-8-5-9-18-30/h3-27H,1H2,2H3/b34-14-. The summed E-state index contributed by atoms with van der Waals surface area (Å²) in [6, 6.07) is 49.4. The summed E-state index contributed by atoms with van der Waals surface area (Å²) in [5.41, 5.74) is 12.1. The molecule has 4 heteroatoms. The largest absolute Gasteiger partial charge is 0.309 e. The number of aryl methyl sites for hydroxylation is 1. The number of hydrogen-bond donors (Lipinski definition) is 0. The molecule has 10 rings (SSSR count). The first kappa shape index (κ1) is 27.6.